The number of benzene rings is 9. The summed E-state index contributed by atoms with van der Waals surface area (Å²) in [7, 11) is 0. The Labute approximate surface area is 326 Å². The van der Waals surface area contributed by atoms with E-state index in [2.05, 4.69) is 0 Å². The molecular formula is C48H30O. The molecule has 9 aromatic carbocycles. The summed E-state index contributed by atoms with van der Waals surface area (Å²) in [5, 5.41) is -5.86. The molecule has 1 heteroatoms. The lowest BCUT2D eigenvalue weighted by atomic mass is 9.84. The highest BCUT2D eigenvalue weighted by molar-refractivity contribution is 6.24. The Morgan fingerprint density at radius 1 is 0.306 bits per heavy atom. The van der Waals surface area contributed by atoms with Crippen molar-refractivity contribution in [3.8, 4) is 44.5 Å². The standard InChI is InChI=1S/C48H30O/c1-3-14-31(15-4-1)35-24-13-25-43-44-30-33(26-29-45(44)49-48(35)43)34-27-28-42(37-19-8-7-18-36(34)37)47-40-22-11-9-20-38(40)46(32-16-5-2-6-17-32)39-21-10-12-23-41(39)47/h1-30H/i1D,2D,3D,4D,5D,6D,7D,8D,9D,10D,11D,12D,13D,14D,15D,16D,17D,18D,19D,20D,21D,22D,23D,24D,25D,26D,27D,28D,29D,30D. The fourth-order valence-electron chi connectivity index (χ4n) is 5.91. The number of furan rings is 1. The van der Waals surface area contributed by atoms with Crippen LogP contribution in [0.2, 0.25) is 0 Å². The molecule has 228 valence electrons. The van der Waals surface area contributed by atoms with Gasteiger partial charge in [-0.3, -0.25) is 0 Å². The van der Waals surface area contributed by atoms with E-state index < -0.39 is 280 Å². The first-order valence-corrected chi connectivity index (χ1v) is 14.4. The number of hydrogen-bond donors (Lipinski definition) is 0. The largest absolute Gasteiger partial charge is 0.455 e. The highest BCUT2D eigenvalue weighted by Gasteiger charge is 2.19. The van der Waals surface area contributed by atoms with E-state index in [0.717, 1.165) is 0 Å². The van der Waals surface area contributed by atoms with E-state index in [4.69, 9.17) is 30.5 Å². The molecule has 0 N–H and O–H groups in total. The molecule has 0 aliphatic rings. The van der Waals surface area contributed by atoms with E-state index in [1.807, 2.05) is 0 Å². The summed E-state index contributed by atoms with van der Waals surface area (Å²) in [4.78, 5) is 0. The van der Waals surface area contributed by atoms with Gasteiger partial charge in [0.05, 0.1) is 41.1 Å². The zero-order valence-corrected chi connectivity index (χ0v) is 24.4. The molecule has 0 spiro atoms. The molecule has 10 rings (SSSR count). The summed E-state index contributed by atoms with van der Waals surface area (Å²) in [5.41, 5.74) is -7.48. The van der Waals surface area contributed by atoms with Crippen molar-refractivity contribution in [3.05, 3.63) is 181 Å². The Bertz CT molecular complexity index is 4460. The quantitative estimate of drug-likeness (QED) is 0.172. The van der Waals surface area contributed by atoms with Crippen molar-refractivity contribution in [2.24, 2.45) is 0 Å². The van der Waals surface area contributed by atoms with Gasteiger partial charge < -0.3 is 4.42 Å². The zero-order valence-electron chi connectivity index (χ0n) is 54.4. The van der Waals surface area contributed by atoms with E-state index in [9.17, 15) is 15.1 Å². The molecule has 0 fully saturated rings. The normalized spacial score (nSPS) is 20.2. The summed E-state index contributed by atoms with van der Waals surface area (Å²) < 4.78 is 276. The second kappa shape index (κ2) is 11.1. The van der Waals surface area contributed by atoms with Crippen molar-refractivity contribution in [1.29, 1.82) is 0 Å². The first-order valence-electron chi connectivity index (χ1n) is 29.4. The fourth-order valence-corrected chi connectivity index (χ4v) is 5.91. The maximum atomic E-state index is 9.91. The predicted octanol–water partition coefficient (Wildman–Crippen LogP) is 13.7. The Balaban J connectivity index is 1.48. The fraction of sp³-hybridized carbons (Fsp3) is 0. The van der Waals surface area contributed by atoms with Crippen molar-refractivity contribution in [3.63, 3.8) is 0 Å². The average molecular weight is 653 g/mol. The molecule has 0 radical (unpaired) electrons. The van der Waals surface area contributed by atoms with Crippen molar-refractivity contribution < 1.29 is 45.5 Å². The van der Waals surface area contributed by atoms with Crippen LogP contribution in [0.4, 0.5) is 0 Å². The lowest BCUT2D eigenvalue weighted by Crippen LogP contribution is -1.92. The number of rotatable bonds is 4. The number of hydrogen-bond acceptors (Lipinski definition) is 1. The van der Waals surface area contributed by atoms with Gasteiger partial charge in [0, 0.05) is 16.3 Å². The Kier molecular flexibility index (Phi) is 2.50. The van der Waals surface area contributed by atoms with Crippen LogP contribution in [0.3, 0.4) is 0 Å². The van der Waals surface area contributed by atoms with Gasteiger partial charge in [-0.25, -0.2) is 0 Å². The minimum Gasteiger partial charge on any atom is -0.455 e. The second-order valence-electron chi connectivity index (χ2n) is 10.5. The van der Waals surface area contributed by atoms with E-state index in [0.29, 0.717) is 0 Å². The maximum Gasteiger partial charge on any atom is 0.143 e. The molecule has 1 heterocycles. The third kappa shape index (κ3) is 4.33. The number of para-hydroxylation sites is 1. The third-order valence-corrected chi connectivity index (χ3v) is 7.94. The van der Waals surface area contributed by atoms with Gasteiger partial charge in [-0.2, -0.15) is 0 Å². The van der Waals surface area contributed by atoms with Crippen LogP contribution in [-0.2, 0) is 0 Å². The van der Waals surface area contributed by atoms with E-state index >= 15 is 0 Å². The Morgan fingerprint density at radius 2 is 0.816 bits per heavy atom. The van der Waals surface area contributed by atoms with E-state index in [-0.39, 0.29) is 0 Å². The zero-order chi connectivity index (χ0) is 58.4. The van der Waals surface area contributed by atoms with Gasteiger partial charge in [0.15, 0.2) is 0 Å². The van der Waals surface area contributed by atoms with Crippen molar-refractivity contribution in [1.82, 2.24) is 0 Å². The molecule has 0 aliphatic heterocycles. The van der Waals surface area contributed by atoms with Gasteiger partial charge >= 0.3 is 0 Å². The molecule has 0 atom stereocenters. The van der Waals surface area contributed by atoms with Crippen molar-refractivity contribution in [2.75, 3.05) is 0 Å². The van der Waals surface area contributed by atoms with Crippen molar-refractivity contribution >= 4 is 54.3 Å². The summed E-state index contributed by atoms with van der Waals surface area (Å²) in [6.07, 6.45) is 0. The minimum absolute atomic E-state index is 0.571. The monoisotopic (exact) mass is 652 g/mol. The van der Waals surface area contributed by atoms with Crippen LogP contribution in [0.5, 0.6) is 0 Å². The van der Waals surface area contributed by atoms with Crippen LogP contribution >= 0.6 is 0 Å². The van der Waals surface area contributed by atoms with Crippen LogP contribution < -0.4 is 0 Å². The molecule has 10 aromatic rings. The SMILES string of the molecule is [2H]c1c([2H])c([2H])c(-c2c([2H])c([2H])c([2H])c3c2oc2c([2H])c([2H])c(-c4c([2H])c([2H])c(-c5c6c([2H])c([2H])c([2H])c([2H])c6c(-c6c([2H])c([2H])c([2H])c([2H])c6[2H])c6c([2H])c([2H])c([2H])c([2H])c56)c5c([2H])c([2H])c([2H])c([2H])c45)c([2H])c23)c([2H])c1[2H]. The summed E-state index contributed by atoms with van der Waals surface area (Å²) in [5.74, 6) is 0. The van der Waals surface area contributed by atoms with E-state index in [1.54, 1.807) is 0 Å². The predicted molar refractivity (Wildman–Crippen MR) is 208 cm³/mol. The van der Waals surface area contributed by atoms with Crippen LogP contribution in [-0.4, -0.2) is 0 Å². The molecule has 0 aliphatic carbocycles. The molecule has 0 amide bonds. The minimum atomic E-state index is -1.15. The highest BCUT2D eigenvalue weighted by atomic mass is 16.3. The van der Waals surface area contributed by atoms with Crippen LogP contribution in [0.15, 0.2) is 186 Å². The van der Waals surface area contributed by atoms with Crippen LogP contribution in [0.25, 0.3) is 98.8 Å². The van der Waals surface area contributed by atoms with Gasteiger partial charge in [0.2, 0.25) is 0 Å². The second-order valence-corrected chi connectivity index (χ2v) is 10.5. The van der Waals surface area contributed by atoms with Crippen LogP contribution in [0.1, 0.15) is 41.1 Å². The summed E-state index contributed by atoms with van der Waals surface area (Å²) in [6, 6.07) is -29.2. The van der Waals surface area contributed by atoms with Gasteiger partial charge in [0.25, 0.3) is 0 Å². The van der Waals surface area contributed by atoms with Crippen LogP contribution in [0, 0.1) is 0 Å². The summed E-state index contributed by atoms with van der Waals surface area (Å²) >= 11 is 0. The average Bonchev–Trinajstić information content (AvgIpc) is 4.01. The van der Waals surface area contributed by atoms with Gasteiger partial charge in [-0.05, 0) is 83.3 Å². The molecule has 0 bridgehead atoms. The molecular weight excluding hydrogens is 593 g/mol. The number of fused-ring (bicyclic) bond motifs is 6. The Hall–Kier alpha value is -6.44. The molecule has 49 heavy (non-hydrogen) atoms. The first kappa shape index (κ1) is 11.1. The smallest absolute Gasteiger partial charge is 0.143 e. The lowest BCUT2D eigenvalue weighted by Gasteiger charge is -2.19. The first-order chi connectivity index (χ1) is 36.8. The molecule has 0 unspecified atom stereocenters. The molecule has 1 aromatic heterocycles. The lowest BCUT2D eigenvalue weighted by molar-refractivity contribution is 0.670. The van der Waals surface area contributed by atoms with Gasteiger partial charge in [0.1, 0.15) is 11.2 Å². The van der Waals surface area contributed by atoms with Gasteiger partial charge in [-0.1, -0.05) is 169 Å². The third-order valence-electron chi connectivity index (χ3n) is 7.94. The summed E-state index contributed by atoms with van der Waals surface area (Å²) in [6.45, 7) is 0. The Morgan fingerprint density at radius 3 is 1.47 bits per heavy atom. The van der Waals surface area contributed by atoms with Gasteiger partial charge in [-0.15, -0.1) is 0 Å². The molecule has 0 saturated carbocycles. The topological polar surface area (TPSA) is 13.1 Å². The highest BCUT2D eigenvalue weighted by Crippen LogP contribution is 2.47. The molecule has 0 saturated heterocycles. The van der Waals surface area contributed by atoms with E-state index in [1.165, 1.54) is 0 Å². The maximum absolute atomic E-state index is 9.91. The van der Waals surface area contributed by atoms with Crippen molar-refractivity contribution in [2.45, 2.75) is 0 Å². The molecule has 1 nitrogen and oxygen atoms in total.